The van der Waals surface area contributed by atoms with Gasteiger partial charge >= 0.3 is 0 Å². The van der Waals surface area contributed by atoms with Gasteiger partial charge in [0.15, 0.2) is 0 Å². The molecule has 1 rings (SSSR count). The molecule has 1 aromatic rings. The highest BCUT2D eigenvalue weighted by Gasteiger charge is 1.94. The number of anilines is 1. The third kappa shape index (κ3) is 2.59. The second-order valence-electron chi connectivity index (χ2n) is 2.15. The summed E-state index contributed by atoms with van der Waals surface area (Å²) in [4.78, 5) is 14.3. The molecule has 1 heterocycles. The first-order valence-electron chi connectivity index (χ1n) is 3.11. The van der Waals surface area contributed by atoms with Crippen molar-refractivity contribution in [3.63, 3.8) is 0 Å². The fraction of sp³-hybridized carbons (Fsp3) is 0.143. The lowest BCUT2D eigenvalue weighted by Crippen LogP contribution is -2.02. The molecule has 0 aromatic carbocycles. The van der Waals surface area contributed by atoms with Gasteiger partial charge in [0.05, 0.1) is 0 Å². The Kier molecular flexibility index (Phi) is 2.48. The van der Waals surface area contributed by atoms with Gasteiger partial charge in [0.2, 0.25) is 0 Å². The summed E-state index contributed by atoms with van der Waals surface area (Å²) in [5.41, 5.74) is 1.06. The molecule has 0 atom stereocenters. The largest absolute Gasteiger partial charge is 0.302 e. The predicted molar refractivity (Wildman–Crippen MR) is 47.0 cm³/mol. The maximum atomic E-state index is 10.4. The number of hydrogen-bond acceptors (Lipinski definition) is 2. The van der Waals surface area contributed by atoms with Crippen LogP contribution in [0.25, 0.3) is 0 Å². The molecule has 11 heavy (non-hydrogen) atoms. The van der Waals surface area contributed by atoms with Crippen molar-refractivity contribution >= 4 is 23.7 Å². The van der Waals surface area contributed by atoms with Crippen LogP contribution in [0.3, 0.4) is 0 Å². The molecule has 0 aliphatic heterocycles. The van der Waals surface area contributed by atoms with Crippen LogP contribution in [0, 0.1) is 6.92 Å². The summed E-state index contributed by atoms with van der Waals surface area (Å²) in [6.07, 6.45) is 1.68. The van der Waals surface area contributed by atoms with Crippen LogP contribution < -0.4 is 5.32 Å². The topological polar surface area (TPSA) is 42.0 Å². The zero-order valence-electron chi connectivity index (χ0n) is 6.03. The highest BCUT2D eigenvalue weighted by Crippen LogP contribution is 2.03. The Morgan fingerprint density at radius 1 is 1.64 bits per heavy atom. The summed E-state index contributed by atoms with van der Waals surface area (Å²) in [5, 5.41) is 2.04. The number of amides is 1. The van der Waals surface area contributed by atoms with Crippen LogP contribution in [0.2, 0.25) is 0 Å². The number of carbonyl (C=O) groups is 1. The number of nitrogens with one attached hydrogen (secondary N) is 1. The normalized spacial score (nSPS) is 9.27. The van der Waals surface area contributed by atoms with Crippen LogP contribution in [0.4, 0.5) is 10.6 Å². The van der Waals surface area contributed by atoms with Crippen molar-refractivity contribution in [2.24, 2.45) is 0 Å². The van der Waals surface area contributed by atoms with Crippen LogP contribution in [0.5, 0.6) is 0 Å². The number of hydrogen-bond donors (Lipinski definition) is 2. The SMILES string of the molecule is Cc1ccc(NC(=O)S)nc1. The molecule has 4 heteroatoms. The minimum atomic E-state index is -0.402. The van der Waals surface area contributed by atoms with Crippen molar-refractivity contribution in [3.05, 3.63) is 23.9 Å². The first-order valence-corrected chi connectivity index (χ1v) is 3.56. The Morgan fingerprint density at radius 3 is 2.82 bits per heavy atom. The quantitative estimate of drug-likeness (QED) is 0.628. The molecule has 58 valence electrons. The van der Waals surface area contributed by atoms with Gasteiger partial charge in [-0.25, -0.2) is 4.98 Å². The molecule has 0 unspecified atom stereocenters. The van der Waals surface area contributed by atoms with Crippen LogP contribution in [-0.2, 0) is 0 Å². The Balaban J connectivity index is 2.74. The van der Waals surface area contributed by atoms with E-state index in [4.69, 9.17) is 0 Å². The van der Waals surface area contributed by atoms with Gasteiger partial charge in [0.1, 0.15) is 5.82 Å². The number of pyridine rings is 1. The van der Waals surface area contributed by atoms with Crippen molar-refractivity contribution in [2.75, 3.05) is 5.32 Å². The summed E-state index contributed by atoms with van der Waals surface area (Å²) in [6.45, 7) is 1.93. The smallest absolute Gasteiger partial charge is 0.281 e. The number of aryl methyl sites for hydroxylation is 1. The number of nitrogens with zero attached hydrogens (tertiary/aromatic N) is 1. The highest BCUT2D eigenvalue weighted by atomic mass is 32.1. The molecule has 0 bridgehead atoms. The Morgan fingerprint density at radius 2 is 2.36 bits per heavy atom. The Labute approximate surface area is 70.2 Å². The van der Waals surface area contributed by atoms with E-state index in [1.165, 1.54) is 0 Å². The van der Waals surface area contributed by atoms with Gasteiger partial charge in [-0.1, -0.05) is 18.7 Å². The lowest BCUT2D eigenvalue weighted by atomic mass is 10.3. The van der Waals surface area contributed by atoms with Gasteiger partial charge in [-0.3, -0.25) is 4.79 Å². The first kappa shape index (κ1) is 8.07. The molecule has 0 aliphatic rings. The van der Waals surface area contributed by atoms with Crippen molar-refractivity contribution in [1.29, 1.82) is 0 Å². The second-order valence-corrected chi connectivity index (χ2v) is 2.56. The van der Waals surface area contributed by atoms with Gasteiger partial charge < -0.3 is 5.32 Å². The molecule has 3 nitrogen and oxygen atoms in total. The fourth-order valence-electron chi connectivity index (χ4n) is 0.651. The standard InChI is InChI=1S/C7H8N2OS/c1-5-2-3-6(8-4-5)9-7(10)11/h2-4H,1H3,(H2,8,9,10,11). The van der Waals surface area contributed by atoms with Gasteiger partial charge in [-0.2, -0.15) is 0 Å². The maximum absolute atomic E-state index is 10.4. The number of thiol groups is 1. The molecule has 0 radical (unpaired) electrons. The van der Waals surface area contributed by atoms with Gasteiger partial charge in [0.25, 0.3) is 5.24 Å². The maximum Gasteiger partial charge on any atom is 0.281 e. The first-order chi connectivity index (χ1) is 5.18. The minimum absolute atomic E-state index is 0.402. The van der Waals surface area contributed by atoms with E-state index in [1.807, 2.05) is 13.0 Å². The lowest BCUT2D eigenvalue weighted by Gasteiger charge is -1.98. The van der Waals surface area contributed by atoms with E-state index in [1.54, 1.807) is 12.3 Å². The van der Waals surface area contributed by atoms with Gasteiger partial charge in [0, 0.05) is 6.20 Å². The van der Waals surface area contributed by atoms with Crippen LogP contribution in [0.15, 0.2) is 18.3 Å². The molecule has 0 fully saturated rings. The summed E-state index contributed by atoms with van der Waals surface area (Å²) < 4.78 is 0. The zero-order valence-corrected chi connectivity index (χ0v) is 6.93. The van der Waals surface area contributed by atoms with Gasteiger partial charge in [-0.05, 0) is 18.6 Å². The van der Waals surface area contributed by atoms with E-state index in [2.05, 4.69) is 22.9 Å². The molecule has 1 aromatic heterocycles. The average molecular weight is 168 g/mol. The van der Waals surface area contributed by atoms with Crippen molar-refractivity contribution in [3.8, 4) is 0 Å². The Hall–Kier alpha value is -1.03. The number of aromatic nitrogens is 1. The zero-order chi connectivity index (χ0) is 8.27. The molecule has 0 saturated carbocycles. The van der Waals surface area contributed by atoms with E-state index in [0.717, 1.165) is 5.56 Å². The molecule has 0 saturated heterocycles. The monoisotopic (exact) mass is 168 g/mol. The molecule has 1 N–H and O–H groups in total. The molecular formula is C7H8N2OS. The third-order valence-electron chi connectivity index (χ3n) is 1.15. The second kappa shape index (κ2) is 3.39. The molecule has 0 spiro atoms. The minimum Gasteiger partial charge on any atom is -0.302 e. The van der Waals surface area contributed by atoms with Crippen LogP contribution in [0.1, 0.15) is 5.56 Å². The van der Waals surface area contributed by atoms with E-state index < -0.39 is 5.24 Å². The third-order valence-corrected chi connectivity index (χ3v) is 1.26. The highest BCUT2D eigenvalue weighted by molar-refractivity contribution is 7.96. The van der Waals surface area contributed by atoms with Crippen LogP contribution in [-0.4, -0.2) is 10.2 Å². The van der Waals surface area contributed by atoms with E-state index in [-0.39, 0.29) is 0 Å². The average Bonchev–Trinajstić information content (AvgIpc) is 1.93. The Bertz CT molecular complexity index is 258. The summed E-state index contributed by atoms with van der Waals surface area (Å²) in [6, 6.07) is 3.59. The van der Waals surface area contributed by atoms with Crippen molar-refractivity contribution in [2.45, 2.75) is 6.92 Å². The number of carbonyl (C=O) groups excluding carboxylic acids is 1. The van der Waals surface area contributed by atoms with Crippen LogP contribution >= 0.6 is 12.6 Å². The van der Waals surface area contributed by atoms with Crippen molar-refractivity contribution < 1.29 is 4.79 Å². The van der Waals surface area contributed by atoms with Gasteiger partial charge in [-0.15, -0.1) is 0 Å². The van der Waals surface area contributed by atoms with E-state index in [9.17, 15) is 4.79 Å². The molecular weight excluding hydrogens is 160 g/mol. The molecule has 1 amide bonds. The summed E-state index contributed by atoms with van der Waals surface area (Å²) >= 11 is 3.55. The van der Waals surface area contributed by atoms with E-state index in [0.29, 0.717) is 5.82 Å². The number of rotatable bonds is 1. The summed E-state index contributed by atoms with van der Waals surface area (Å²) in [5.74, 6) is 0.524. The molecule has 0 aliphatic carbocycles. The van der Waals surface area contributed by atoms with Crippen molar-refractivity contribution in [1.82, 2.24) is 4.98 Å². The predicted octanol–water partition coefficient (Wildman–Crippen LogP) is 1.85. The van der Waals surface area contributed by atoms with E-state index >= 15 is 0 Å². The summed E-state index contributed by atoms with van der Waals surface area (Å²) in [7, 11) is 0. The fourth-order valence-corrected chi connectivity index (χ4v) is 0.766. The lowest BCUT2D eigenvalue weighted by molar-refractivity contribution is 0.270.